The van der Waals surface area contributed by atoms with E-state index in [2.05, 4.69) is 5.32 Å². The van der Waals surface area contributed by atoms with Gasteiger partial charge in [-0.25, -0.2) is 0 Å². The van der Waals surface area contributed by atoms with Crippen molar-refractivity contribution in [1.82, 2.24) is 10.2 Å². The number of carbonyl (C=O) groups is 1. The van der Waals surface area contributed by atoms with Crippen LogP contribution in [0.5, 0.6) is 0 Å². The quantitative estimate of drug-likeness (QED) is 0.576. The number of piperidine rings is 1. The topological polar surface area (TPSA) is 72.8 Å². The standard InChI is InChI=1S/C11H20N2O3/c14-7-9(15)6-13-8-11(5-10(13)16)1-3-12-4-2-11/h9,12,14-15H,1-8H2. The molecular weight excluding hydrogens is 208 g/mol. The molecular formula is C11H20N2O3. The molecule has 2 heterocycles. The largest absolute Gasteiger partial charge is 0.394 e. The molecule has 2 aliphatic rings. The highest BCUT2D eigenvalue weighted by atomic mass is 16.3. The molecule has 0 bridgehead atoms. The number of likely N-dealkylation sites (tertiary alicyclic amines) is 1. The Bertz CT molecular complexity index is 264. The Morgan fingerprint density at radius 1 is 1.44 bits per heavy atom. The Balaban J connectivity index is 1.95. The number of hydrogen-bond donors (Lipinski definition) is 3. The number of aliphatic hydroxyl groups excluding tert-OH is 2. The summed E-state index contributed by atoms with van der Waals surface area (Å²) in [5.74, 6) is 0.120. The number of β-amino-alcohol motifs (C(OH)–C–C–N with tert-alkyl or cyclic N) is 1. The Kier molecular flexibility index (Phi) is 3.47. The molecule has 0 aliphatic carbocycles. The normalized spacial score (nSPS) is 26.4. The average molecular weight is 228 g/mol. The number of rotatable bonds is 3. The summed E-state index contributed by atoms with van der Waals surface area (Å²) in [4.78, 5) is 13.5. The number of carbonyl (C=O) groups excluding carboxylic acids is 1. The third-order valence-electron chi connectivity index (χ3n) is 3.71. The van der Waals surface area contributed by atoms with Crippen LogP contribution in [0.15, 0.2) is 0 Å². The van der Waals surface area contributed by atoms with Crippen LogP contribution in [-0.2, 0) is 4.79 Å². The van der Waals surface area contributed by atoms with Crippen LogP contribution in [0.2, 0.25) is 0 Å². The SMILES string of the molecule is O=C1CC2(CCNCC2)CN1CC(O)CO. The van der Waals surface area contributed by atoms with Crippen molar-refractivity contribution in [2.75, 3.05) is 32.8 Å². The monoisotopic (exact) mass is 228 g/mol. The third-order valence-corrected chi connectivity index (χ3v) is 3.71. The highest BCUT2D eigenvalue weighted by Crippen LogP contribution is 2.39. The van der Waals surface area contributed by atoms with Gasteiger partial charge in [0.1, 0.15) is 0 Å². The zero-order valence-corrected chi connectivity index (χ0v) is 9.48. The minimum Gasteiger partial charge on any atom is -0.394 e. The fraction of sp³-hybridized carbons (Fsp3) is 0.909. The molecule has 2 rings (SSSR count). The molecule has 2 aliphatic heterocycles. The van der Waals surface area contributed by atoms with Crippen molar-refractivity contribution in [2.24, 2.45) is 5.41 Å². The van der Waals surface area contributed by atoms with Crippen LogP contribution in [0.1, 0.15) is 19.3 Å². The van der Waals surface area contributed by atoms with E-state index in [0.717, 1.165) is 32.5 Å². The first-order valence-corrected chi connectivity index (χ1v) is 5.93. The Morgan fingerprint density at radius 2 is 2.12 bits per heavy atom. The minimum atomic E-state index is -0.805. The second-order valence-corrected chi connectivity index (χ2v) is 5.04. The lowest BCUT2D eigenvalue weighted by molar-refractivity contribution is -0.129. The summed E-state index contributed by atoms with van der Waals surface area (Å²) in [6.45, 7) is 2.68. The predicted molar refractivity (Wildman–Crippen MR) is 58.8 cm³/mol. The maximum atomic E-state index is 11.8. The van der Waals surface area contributed by atoms with Crippen LogP contribution >= 0.6 is 0 Å². The van der Waals surface area contributed by atoms with Gasteiger partial charge in [-0.2, -0.15) is 0 Å². The van der Waals surface area contributed by atoms with Crippen LogP contribution in [0.25, 0.3) is 0 Å². The van der Waals surface area contributed by atoms with Crippen LogP contribution < -0.4 is 5.32 Å². The van der Waals surface area contributed by atoms with Crippen molar-refractivity contribution in [1.29, 1.82) is 0 Å². The lowest BCUT2D eigenvalue weighted by Crippen LogP contribution is -2.40. The van der Waals surface area contributed by atoms with E-state index in [1.165, 1.54) is 0 Å². The van der Waals surface area contributed by atoms with Crippen molar-refractivity contribution in [3.05, 3.63) is 0 Å². The Labute approximate surface area is 95.4 Å². The molecule has 0 radical (unpaired) electrons. The summed E-state index contributed by atoms with van der Waals surface area (Å²) < 4.78 is 0. The molecule has 0 saturated carbocycles. The van der Waals surface area contributed by atoms with Crippen LogP contribution in [0, 0.1) is 5.41 Å². The van der Waals surface area contributed by atoms with E-state index in [1.807, 2.05) is 0 Å². The zero-order chi connectivity index (χ0) is 11.6. The molecule has 0 aromatic heterocycles. The number of hydrogen-bond acceptors (Lipinski definition) is 4. The highest BCUT2D eigenvalue weighted by Gasteiger charge is 2.43. The van der Waals surface area contributed by atoms with Crippen molar-refractivity contribution in [3.63, 3.8) is 0 Å². The van der Waals surface area contributed by atoms with Crippen molar-refractivity contribution in [2.45, 2.75) is 25.4 Å². The molecule has 5 heteroatoms. The van der Waals surface area contributed by atoms with E-state index in [4.69, 9.17) is 5.11 Å². The zero-order valence-electron chi connectivity index (χ0n) is 9.48. The first-order valence-electron chi connectivity index (χ1n) is 5.93. The van der Waals surface area contributed by atoms with E-state index in [1.54, 1.807) is 4.90 Å². The smallest absolute Gasteiger partial charge is 0.223 e. The summed E-state index contributed by atoms with van der Waals surface area (Å²) in [7, 11) is 0. The molecule has 2 fully saturated rings. The van der Waals surface area contributed by atoms with Gasteiger partial charge in [0.25, 0.3) is 0 Å². The Morgan fingerprint density at radius 3 is 2.75 bits per heavy atom. The summed E-state index contributed by atoms with van der Waals surface area (Å²) in [5, 5.41) is 21.5. The summed E-state index contributed by atoms with van der Waals surface area (Å²) in [5.41, 5.74) is 0.123. The fourth-order valence-electron chi connectivity index (χ4n) is 2.75. The molecule has 1 atom stereocenters. The van der Waals surface area contributed by atoms with E-state index in [-0.39, 0.29) is 24.5 Å². The lowest BCUT2D eigenvalue weighted by Gasteiger charge is -2.33. The van der Waals surface area contributed by atoms with Gasteiger partial charge in [0.2, 0.25) is 5.91 Å². The van der Waals surface area contributed by atoms with Crippen LogP contribution in [-0.4, -0.2) is 59.9 Å². The first kappa shape index (κ1) is 11.8. The van der Waals surface area contributed by atoms with Gasteiger partial charge in [-0.15, -0.1) is 0 Å². The van der Waals surface area contributed by atoms with Crippen molar-refractivity contribution in [3.8, 4) is 0 Å². The Hall–Kier alpha value is -0.650. The van der Waals surface area contributed by atoms with Gasteiger partial charge in [-0.1, -0.05) is 0 Å². The molecule has 16 heavy (non-hydrogen) atoms. The molecule has 92 valence electrons. The maximum Gasteiger partial charge on any atom is 0.223 e. The maximum absolute atomic E-state index is 11.8. The number of amides is 1. The molecule has 1 amide bonds. The van der Waals surface area contributed by atoms with Crippen molar-refractivity contribution >= 4 is 5.91 Å². The molecule has 0 aromatic carbocycles. The summed E-state index contributed by atoms with van der Waals surface area (Å²) >= 11 is 0. The van der Waals surface area contributed by atoms with Gasteiger partial charge in [-0.05, 0) is 31.3 Å². The number of nitrogens with zero attached hydrogens (tertiary/aromatic N) is 1. The van der Waals surface area contributed by atoms with Crippen LogP contribution in [0.3, 0.4) is 0 Å². The van der Waals surface area contributed by atoms with Gasteiger partial charge in [0.05, 0.1) is 12.7 Å². The first-order chi connectivity index (χ1) is 7.65. The summed E-state index contributed by atoms with van der Waals surface area (Å²) in [6.07, 6.45) is 1.86. The van der Waals surface area contributed by atoms with Gasteiger partial charge >= 0.3 is 0 Å². The molecule has 5 nitrogen and oxygen atoms in total. The molecule has 0 aromatic rings. The molecule has 3 N–H and O–H groups in total. The molecule has 2 saturated heterocycles. The predicted octanol–water partition coefficient (Wildman–Crippen LogP) is -1.06. The van der Waals surface area contributed by atoms with E-state index < -0.39 is 6.10 Å². The van der Waals surface area contributed by atoms with Crippen LogP contribution in [0.4, 0.5) is 0 Å². The van der Waals surface area contributed by atoms with Gasteiger partial charge in [0.15, 0.2) is 0 Å². The average Bonchev–Trinajstić information content (AvgIpc) is 2.56. The highest BCUT2D eigenvalue weighted by molar-refractivity contribution is 5.79. The van der Waals surface area contributed by atoms with Crippen molar-refractivity contribution < 1.29 is 15.0 Å². The summed E-state index contributed by atoms with van der Waals surface area (Å²) in [6, 6.07) is 0. The molecule has 1 unspecified atom stereocenters. The second-order valence-electron chi connectivity index (χ2n) is 5.04. The number of nitrogens with one attached hydrogen (secondary N) is 1. The number of aliphatic hydroxyl groups is 2. The third kappa shape index (κ3) is 2.36. The lowest BCUT2D eigenvalue weighted by atomic mass is 9.78. The second kappa shape index (κ2) is 4.69. The van der Waals surface area contributed by atoms with Gasteiger partial charge < -0.3 is 20.4 Å². The van der Waals surface area contributed by atoms with Gasteiger partial charge in [0, 0.05) is 19.5 Å². The van der Waals surface area contributed by atoms with E-state index in [0.29, 0.717) is 6.42 Å². The minimum absolute atomic E-state index is 0.120. The van der Waals surface area contributed by atoms with Gasteiger partial charge in [-0.3, -0.25) is 4.79 Å². The molecule has 1 spiro atoms. The van der Waals surface area contributed by atoms with E-state index >= 15 is 0 Å². The van der Waals surface area contributed by atoms with E-state index in [9.17, 15) is 9.90 Å². The fourth-order valence-corrected chi connectivity index (χ4v) is 2.75.